The summed E-state index contributed by atoms with van der Waals surface area (Å²) in [5.41, 5.74) is 3.06. The molecule has 0 bridgehead atoms. The van der Waals surface area contributed by atoms with Crippen LogP contribution in [0.3, 0.4) is 0 Å². The number of imidazole rings is 1. The molecule has 3 heterocycles. The van der Waals surface area contributed by atoms with Gasteiger partial charge in [-0.3, -0.25) is 9.59 Å². The van der Waals surface area contributed by atoms with Crippen LogP contribution in [0.15, 0.2) is 42.5 Å². The molecule has 5 nitrogen and oxygen atoms in total. The summed E-state index contributed by atoms with van der Waals surface area (Å²) in [6, 6.07) is 13.4. The molecule has 6 heteroatoms. The molecule has 25 heavy (non-hydrogen) atoms. The van der Waals surface area contributed by atoms with Crippen molar-refractivity contribution in [3.8, 4) is 11.4 Å². The minimum atomic E-state index is -0.0287. The summed E-state index contributed by atoms with van der Waals surface area (Å²) in [5, 5.41) is 0. The molecule has 0 spiro atoms. The van der Waals surface area contributed by atoms with E-state index in [1.54, 1.807) is 12.1 Å². The van der Waals surface area contributed by atoms with E-state index in [0.29, 0.717) is 22.8 Å². The van der Waals surface area contributed by atoms with Crippen LogP contribution in [-0.2, 0) is 13.0 Å². The van der Waals surface area contributed by atoms with Gasteiger partial charge < -0.3 is 9.88 Å². The van der Waals surface area contributed by atoms with Crippen LogP contribution in [0.5, 0.6) is 0 Å². The highest BCUT2D eigenvalue weighted by molar-refractivity contribution is 7.15. The minimum absolute atomic E-state index is 0.00829. The van der Waals surface area contributed by atoms with Crippen LogP contribution in [-0.4, -0.2) is 33.1 Å². The Morgan fingerprint density at radius 2 is 1.88 bits per heavy atom. The number of aromatic amines is 1. The zero-order valence-corrected chi connectivity index (χ0v) is 14.6. The van der Waals surface area contributed by atoms with E-state index in [1.807, 2.05) is 35.2 Å². The maximum absolute atomic E-state index is 12.7. The highest BCUT2D eigenvalue weighted by Gasteiger charge is 2.26. The number of carbonyl (C=O) groups is 2. The molecule has 0 radical (unpaired) electrons. The summed E-state index contributed by atoms with van der Waals surface area (Å²) in [6.45, 7) is 2.67. The lowest BCUT2D eigenvalue weighted by molar-refractivity contribution is 0.0736. The maximum atomic E-state index is 12.7. The number of hydrogen-bond donors (Lipinski definition) is 1. The molecule has 4 rings (SSSR count). The van der Waals surface area contributed by atoms with Crippen molar-refractivity contribution in [1.82, 2.24) is 14.9 Å². The third-order valence-corrected chi connectivity index (χ3v) is 5.50. The van der Waals surface area contributed by atoms with Crippen molar-refractivity contribution >= 4 is 23.0 Å². The maximum Gasteiger partial charge on any atom is 0.264 e. The second-order valence-corrected chi connectivity index (χ2v) is 7.16. The van der Waals surface area contributed by atoms with E-state index >= 15 is 0 Å². The Hall–Kier alpha value is -2.73. The highest BCUT2D eigenvalue weighted by Crippen LogP contribution is 2.25. The largest absolute Gasteiger partial charge is 0.340 e. The van der Waals surface area contributed by atoms with Crippen molar-refractivity contribution in [2.45, 2.75) is 19.9 Å². The second kappa shape index (κ2) is 6.29. The Bertz CT molecular complexity index is 943. The number of rotatable bonds is 3. The third-order valence-electron chi connectivity index (χ3n) is 4.33. The van der Waals surface area contributed by atoms with Gasteiger partial charge in [-0.1, -0.05) is 30.3 Å². The molecule has 1 N–H and O–H groups in total. The lowest BCUT2D eigenvalue weighted by Gasteiger charge is -2.25. The number of nitrogens with zero attached hydrogens (tertiary/aromatic N) is 2. The fourth-order valence-electron chi connectivity index (χ4n) is 3.00. The van der Waals surface area contributed by atoms with Crippen LogP contribution >= 0.6 is 11.3 Å². The first-order valence-corrected chi connectivity index (χ1v) is 8.96. The summed E-state index contributed by atoms with van der Waals surface area (Å²) in [5.74, 6) is 0.806. The van der Waals surface area contributed by atoms with Gasteiger partial charge >= 0.3 is 0 Å². The quantitative estimate of drug-likeness (QED) is 0.734. The molecular weight excluding hydrogens is 334 g/mol. The first-order chi connectivity index (χ1) is 12.1. The standard InChI is InChI=1S/C19H17N3O2S/c1-12(23)16-7-8-17(25-16)19(24)22-10-9-14-15(11-22)21-18(20-14)13-5-3-2-4-6-13/h2-8H,9-11H2,1H3,(H,20,21). The van der Waals surface area contributed by atoms with Crippen LogP contribution in [0, 0.1) is 0 Å². The summed E-state index contributed by atoms with van der Waals surface area (Å²) >= 11 is 1.26. The Morgan fingerprint density at radius 3 is 2.60 bits per heavy atom. The molecule has 1 aromatic carbocycles. The van der Waals surface area contributed by atoms with Crippen molar-refractivity contribution < 1.29 is 9.59 Å². The zero-order valence-electron chi connectivity index (χ0n) is 13.8. The lowest BCUT2D eigenvalue weighted by Crippen LogP contribution is -2.35. The van der Waals surface area contributed by atoms with Crippen molar-refractivity contribution in [1.29, 1.82) is 0 Å². The molecule has 0 saturated carbocycles. The Morgan fingerprint density at radius 1 is 1.12 bits per heavy atom. The number of hydrogen-bond acceptors (Lipinski definition) is 4. The third kappa shape index (κ3) is 3.00. The van der Waals surface area contributed by atoms with E-state index in [1.165, 1.54) is 18.3 Å². The van der Waals surface area contributed by atoms with Crippen LogP contribution in [0.25, 0.3) is 11.4 Å². The Kier molecular flexibility index (Phi) is 3.97. The van der Waals surface area contributed by atoms with Crippen molar-refractivity contribution in [3.05, 3.63) is 63.6 Å². The Balaban J connectivity index is 1.55. The SMILES string of the molecule is CC(=O)c1ccc(C(=O)N2CCc3nc(-c4ccccc4)[nH]c3C2)s1. The monoisotopic (exact) mass is 351 g/mol. The molecule has 2 aromatic heterocycles. The predicted molar refractivity (Wildman–Crippen MR) is 96.8 cm³/mol. The molecular formula is C19H17N3O2S. The number of benzene rings is 1. The molecule has 126 valence electrons. The smallest absolute Gasteiger partial charge is 0.264 e. The number of amides is 1. The number of H-pyrrole nitrogens is 1. The van der Waals surface area contributed by atoms with Crippen LogP contribution in [0.1, 0.15) is 37.7 Å². The van der Waals surface area contributed by atoms with Gasteiger partial charge in [0.2, 0.25) is 0 Å². The van der Waals surface area contributed by atoms with Crippen molar-refractivity contribution in [2.75, 3.05) is 6.54 Å². The first kappa shape index (κ1) is 15.8. The minimum Gasteiger partial charge on any atom is -0.340 e. The van der Waals surface area contributed by atoms with Crippen LogP contribution in [0.4, 0.5) is 0 Å². The van der Waals surface area contributed by atoms with Gasteiger partial charge in [0.05, 0.1) is 27.7 Å². The molecule has 0 aliphatic carbocycles. The molecule has 1 amide bonds. The Labute approximate surface area is 149 Å². The number of fused-ring (bicyclic) bond motifs is 1. The van der Waals surface area contributed by atoms with Gasteiger partial charge in [0.1, 0.15) is 5.82 Å². The number of ketones is 1. The number of nitrogens with one attached hydrogen (secondary N) is 1. The fraction of sp³-hybridized carbons (Fsp3) is 0.211. The average molecular weight is 351 g/mol. The van der Waals surface area contributed by atoms with Gasteiger partial charge in [-0.25, -0.2) is 4.98 Å². The van der Waals surface area contributed by atoms with Gasteiger partial charge in [0, 0.05) is 18.5 Å². The number of aromatic nitrogens is 2. The van der Waals surface area contributed by atoms with Gasteiger partial charge in [-0.15, -0.1) is 11.3 Å². The average Bonchev–Trinajstić information content (AvgIpc) is 3.28. The second-order valence-electron chi connectivity index (χ2n) is 6.07. The van der Waals surface area contributed by atoms with Crippen molar-refractivity contribution in [2.24, 2.45) is 0 Å². The van der Waals surface area contributed by atoms with Gasteiger partial charge in [-0.2, -0.15) is 0 Å². The van der Waals surface area contributed by atoms with E-state index < -0.39 is 0 Å². The normalized spacial score (nSPS) is 13.6. The van der Waals surface area contributed by atoms with Crippen LogP contribution < -0.4 is 0 Å². The fourth-order valence-corrected chi connectivity index (χ4v) is 3.87. The number of Topliss-reactive ketones (excluding diaryl/α,β-unsaturated/α-hetero) is 1. The summed E-state index contributed by atoms with van der Waals surface area (Å²) in [4.78, 5) is 35.2. The lowest BCUT2D eigenvalue weighted by atomic mass is 10.1. The molecule has 0 saturated heterocycles. The summed E-state index contributed by atoms with van der Waals surface area (Å²) in [6.07, 6.45) is 0.731. The summed E-state index contributed by atoms with van der Waals surface area (Å²) < 4.78 is 0. The van der Waals surface area contributed by atoms with Crippen LogP contribution in [0.2, 0.25) is 0 Å². The highest BCUT2D eigenvalue weighted by atomic mass is 32.1. The van der Waals surface area contributed by atoms with E-state index in [0.717, 1.165) is 29.2 Å². The van der Waals surface area contributed by atoms with Gasteiger partial charge in [0.15, 0.2) is 5.78 Å². The van der Waals surface area contributed by atoms with E-state index in [-0.39, 0.29) is 11.7 Å². The summed E-state index contributed by atoms with van der Waals surface area (Å²) in [7, 11) is 0. The van der Waals surface area contributed by atoms with E-state index in [4.69, 9.17) is 0 Å². The molecule has 1 aliphatic heterocycles. The van der Waals surface area contributed by atoms with Crippen molar-refractivity contribution in [3.63, 3.8) is 0 Å². The first-order valence-electron chi connectivity index (χ1n) is 8.15. The molecule has 3 aromatic rings. The topological polar surface area (TPSA) is 66.1 Å². The number of thiophene rings is 1. The molecule has 0 unspecified atom stereocenters. The van der Waals surface area contributed by atoms with E-state index in [9.17, 15) is 9.59 Å². The van der Waals surface area contributed by atoms with E-state index in [2.05, 4.69) is 9.97 Å². The van der Waals surface area contributed by atoms with Gasteiger partial charge in [-0.05, 0) is 19.1 Å². The molecule has 1 aliphatic rings. The molecule has 0 fully saturated rings. The zero-order chi connectivity index (χ0) is 17.4. The molecule has 0 atom stereocenters. The van der Waals surface area contributed by atoms with Gasteiger partial charge in [0.25, 0.3) is 5.91 Å². The number of carbonyl (C=O) groups excluding carboxylic acids is 2. The predicted octanol–water partition coefficient (Wildman–Crippen LogP) is 3.54.